The van der Waals surface area contributed by atoms with Crippen molar-refractivity contribution in [2.75, 3.05) is 12.4 Å². The van der Waals surface area contributed by atoms with Gasteiger partial charge in [0, 0.05) is 16.4 Å². The van der Waals surface area contributed by atoms with Crippen LogP contribution in [0, 0.1) is 11.3 Å². The minimum Gasteiger partial charge on any atom is -0.355 e. The standard InChI is InChI=1S/C21H25BrN2O2S/c1-21(2,3)12-9-10-14-16(11-12)27-20(17(14)19(26)23-4)24-18(25)13-7-5-6-8-15(13)22/h5-8,12H,9-11H2,1-4H3,(H,23,26)(H,24,25). The first-order chi connectivity index (χ1) is 12.7. The predicted octanol–water partition coefficient (Wildman–Crippen LogP) is 5.27. The molecule has 6 heteroatoms. The summed E-state index contributed by atoms with van der Waals surface area (Å²) in [5.74, 6) is 0.232. The SMILES string of the molecule is CNC(=O)c1c(NC(=O)c2ccccc2Br)sc2c1CCC(C(C)(C)C)C2. The molecule has 1 heterocycles. The van der Waals surface area contributed by atoms with E-state index < -0.39 is 0 Å². The second-order valence-electron chi connectivity index (χ2n) is 8.03. The summed E-state index contributed by atoms with van der Waals surface area (Å²) in [5, 5.41) is 6.36. The summed E-state index contributed by atoms with van der Waals surface area (Å²) in [5.41, 5.74) is 2.51. The highest BCUT2D eigenvalue weighted by atomic mass is 79.9. The van der Waals surface area contributed by atoms with Gasteiger partial charge < -0.3 is 10.6 Å². The van der Waals surface area contributed by atoms with E-state index in [2.05, 4.69) is 47.3 Å². The average Bonchev–Trinajstić information content (AvgIpc) is 2.97. The summed E-state index contributed by atoms with van der Waals surface area (Å²) in [7, 11) is 1.63. The molecule has 0 bridgehead atoms. The van der Waals surface area contributed by atoms with Gasteiger partial charge in [0.1, 0.15) is 5.00 Å². The molecule has 4 nitrogen and oxygen atoms in total. The second-order valence-corrected chi connectivity index (χ2v) is 9.99. The van der Waals surface area contributed by atoms with E-state index in [1.165, 1.54) is 4.88 Å². The normalized spacial score (nSPS) is 16.6. The number of carbonyl (C=O) groups is 2. The van der Waals surface area contributed by atoms with Crippen molar-refractivity contribution in [3.05, 3.63) is 50.3 Å². The van der Waals surface area contributed by atoms with Crippen LogP contribution in [-0.2, 0) is 12.8 Å². The quantitative estimate of drug-likeness (QED) is 0.671. The predicted molar refractivity (Wildman–Crippen MR) is 115 cm³/mol. The Balaban J connectivity index is 1.96. The molecule has 2 amide bonds. The summed E-state index contributed by atoms with van der Waals surface area (Å²) < 4.78 is 0.734. The fourth-order valence-corrected chi connectivity index (χ4v) is 5.38. The molecule has 3 rings (SSSR count). The Labute approximate surface area is 172 Å². The molecule has 0 spiro atoms. The van der Waals surface area contributed by atoms with Crippen molar-refractivity contribution >= 4 is 44.1 Å². The van der Waals surface area contributed by atoms with Crippen LogP contribution in [0.4, 0.5) is 5.00 Å². The average molecular weight is 449 g/mol. The van der Waals surface area contributed by atoms with Crippen LogP contribution >= 0.6 is 27.3 Å². The monoisotopic (exact) mass is 448 g/mol. The van der Waals surface area contributed by atoms with Crippen LogP contribution in [-0.4, -0.2) is 18.9 Å². The van der Waals surface area contributed by atoms with Crippen molar-refractivity contribution in [2.24, 2.45) is 11.3 Å². The van der Waals surface area contributed by atoms with Gasteiger partial charge in [0.05, 0.1) is 11.1 Å². The van der Waals surface area contributed by atoms with E-state index in [0.717, 1.165) is 29.3 Å². The number of rotatable bonds is 3. The molecular weight excluding hydrogens is 424 g/mol. The van der Waals surface area contributed by atoms with E-state index in [0.29, 0.717) is 22.0 Å². The van der Waals surface area contributed by atoms with Gasteiger partial charge in [0.15, 0.2) is 0 Å². The summed E-state index contributed by atoms with van der Waals surface area (Å²) in [6.07, 6.45) is 2.90. The number of amides is 2. The summed E-state index contributed by atoms with van der Waals surface area (Å²) in [4.78, 5) is 26.6. The molecule has 27 heavy (non-hydrogen) atoms. The van der Waals surface area contributed by atoms with Crippen molar-refractivity contribution in [3.63, 3.8) is 0 Å². The molecule has 1 aromatic carbocycles. The lowest BCUT2D eigenvalue weighted by Crippen LogP contribution is -2.27. The largest absolute Gasteiger partial charge is 0.355 e. The molecule has 1 aliphatic rings. The maximum atomic E-state index is 12.8. The minimum absolute atomic E-state index is 0.135. The van der Waals surface area contributed by atoms with Crippen molar-refractivity contribution in [1.82, 2.24) is 5.32 Å². The van der Waals surface area contributed by atoms with Gasteiger partial charge in [-0.15, -0.1) is 11.3 Å². The smallest absolute Gasteiger partial charge is 0.257 e. The molecule has 0 aliphatic heterocycles. The number of anilines is 1. The fourth-order valence-electron chi connectivity index (χ4n) is 3.59. The lowest BCUT2D eigenvalue weighted by molar-refractivity contribution is 0.0963. The van der Waals surface area contributed by atoms with Gasteiger partial charge in [-0.05, 0) is 64.2 Å². The van der Waals surface area contributed by atoms with Crippen LogP contribution < -0.4 is 10.6 Å². The summed E-state index contributed by atoms with van der Waals surface area (Å²) in [6.45, 7) is 6.81. The molecule has 2 N–H and O–H groups in total. The van der Waals surface area contributed by atoms with Crippen molar-refractivity contribution in [1.29, 1.82) is 0 Å². The number of hydrogen-bond acceptors (Lipinski definition) is 3. The zero-order valence-electron chi connectivity index (χ0n) is 16.1. The van der Waals surface area contributed by atoms with Gasteiger partial charge in [-0.25, -0.2) is 0 Å². The number of thiophene rings is 1. The van der Waals surface area contributed by atoms with Crippen LogP contribution in [0.5, 0.6) is 0 Å². The van der Waals surface area contributed by atoms with Gasteiger partial charge in [-0.2, -0.15) is 0 Å². The first-order valence-electron chi connectivity index (χ1n) is 9.15. The first kappa shape index (κ1) is 20.1. The molecule has 1 aromatic heterocycles. The highest BCUT2D eigenvalue weighted by Gasteiger charge is 2.34. The molecule has 1 aliphatic carbocycles. The van der Waals surface area contributed by atoms with E-state index >= 15 is 0 Å². The number of fused-ring (bicyclic) bond motifs is 1. The molecule has 0 saturated heterocycles. The molecule has 1 atom stereocenters. The number of benzene rings is 1. The van der Waals surface area contributed by atoms with E-state index in [1.54, 1.807) is 24.5 Å². The van der Waals surface area contributed by atoms with E-state index in [-0.39, 0.29) is 17.2 Å². The van der Waals surface area contributed by atoms with Gasteiger partial charge in [0.2, 0.25) is 0 Å². The molecule has 0 fully saturated rings. The lowest BCUT2D eigenvalue weighted by atomic mass is 9.72. The zero-order valence-corrected chi connectivity index (χ0v) is 18.5. The highest BCUT2D eigenvalue weighted by molar-refractivity contribution is 9.10. The lowest BCUT2D eigenvalue weighted by Gasteiger charge is -2.33. The van der Waals surface area contributed by atoms with Crippen LogP contribution in [0.3, 0.4) is 0 Å². The minimum atomic E-state index is -0.210. The third-order valence-electron chi connectivity index (χ3n) is 5.29. The van der Waals surface area contributed by atoms with Gasteiger partial charge in [-0.1, -0.05) is 32.9 Å². The third-order valence-corrected chi connectivity index (χ3v) is 7.15. The Morgan fingerprint density at radius 3 is 2.52 bits per heavy atom. The van der Waals surface area contributed by atoms with Crippen molar-refractivity contribution in [2.45, 2.75) is 40.0 Å². The Morgan fingerprint density at radius 2 is 1.89 bits per heavy atom. The van der Waals surface area contributed by atoms with E-state index in [9.17, 15) is 9.59 Å². The molecule has 0 radical (unpaired) electrons. The van der Waals surface area contributed by atoms with E-state index in [4.69, 9.17) is 0 Å². The molecule has 0 saturated carbocycles. The first-order valence-corrected chi connectivity index (χ1v) is 10.8. The van der Waals surface area contributed by atoms with Gasteiger partial charge >= 0.3 is 0 Å². The van der Waals surface area contributed by atoms with Crippen LogP contribution in [0.1, 0.15) is 58.3 Å². The van der Waals surface area contributed by atoms with Crippen LogP contribution in [0.25, 0.3) is 0 Å². The Hall–Kier alpha value is -1.66. The Morgan fingerprint density at radius 1 is 1.19 bits per heavy atom. The summed E-state index contributed by atoms with van der Waals surface area (Å²) in [6, 6.07) is 7.30. The second kappa shape index (κ2) is 7.76. The number of halogens is 1. The number of hydrogen-bond donors (Lipinski definition) is 2. The number of nitrogens with one attached hydrogen (secondary N) is 2. The maximum Gasteiger partial charge on any atom is 0.257 e. The topological polar surface area (TPSA) is 58.2 Å². The molecular formula is C21H25BrN2O2S. The molecule has 144 valence electrons. The highest BCUT2D eigenvalue weighted by Crippen LogP contribution is 2.44. The fraction of sp³-hybridized carbons (Fsp3) is 0.429. The Kier molecular flexibility index (Phi) is 5.77. The van der Waals surface area contributed by atoms with Gasteiger partial charge in [0.25, 0.3) is 11.8 Å². The van der Waals surface area contributed by atoms with Crippen molar-refractivity contribution < 1.29 is 9.59 Å². The zero-order chi connectivity index (χ0) is 19.8. The van der Waals surface area contributed by atoms with Crippen molar-refractivity contribution in [3.8, 4) is 0 Å². The van der Waals surface area contributed by atoms with Crippen LogP contribution in [0.15, 0.2) is 28.7 Å². The molecule has 2 aromatic rings. The third kappa shape index (κ3) is 4.11. The molecule has 1 unspecified atom stereocenters. The van der Waals surface area contributed by atoms with E-state index in [1.807, 2.05) is 18.2 Å². The summed E-state index contributed by atoms with van der Waals surface area (Å²) >= 11 is 4.97. The number of carbonyl (C=O) groups excluding carboxylic acids is 2. The van der Waals surface area contributed by atoms with Gasteiger partial charge in [-0.3, -0.25) is 9.59 Å². The maximum absolute atomic E-state index is 12.8. The Bertz CT molecular complexity index is 883. The van der Waals surface area contributed by atoms with Crippen LogP contribution in [0.2, 0.25) is 0 Å².